The molecule has 0 bridgehead atoms. The monoisotopic (exact) mass is 421 g/mol. The van der Waals surface area contributed by atoms with E-state index in [1.807, 2.05) is 24.3 Å². The molecule has 4 rings (SSSR count). The van der Waals surface area contributed by atoms with E-state index in [2.05, 4.69) is 15.2 Å². The molecule has 0 radical (unpaired) electrons. The van der Waals surface area contributed by atoms with Gasteiger partial charge in [0.05, 0.1) is 23.4 Å². The minimum atomic E-state index is -0.528. The highest BCUT2D eigenvalue weighted by Crippen LogP contribution is 2.32. The number of aromatic nitrogens is 1. The number of anilines is 1. The highest BCUT2D eigenvalue weighted by molar-refractivity contribution is 6.05. The van der Waals surface area contributed by atoms with Gasteiger partial charge in [0.1, 0.15) is 11.4 Å². The number of rotatable bonds is 5. The van der Waals surface area contributed by atoms with Crippen LogP contribution in [0.15, 0.2) is 54.7 Å². The molecule has 1 aliphatic heterocycles. The van der Waals surface area contributed by atoms with Gasteiger partial charge in [-0.3, -0.25) is 9.78 Å². The zero-order valence-electron chi connectivity index (χ0n) is 17.3. The maximum Gasteiger partial charge on any atom is 0.341 e. The molecule has 1 saturated heterocycles. The van der Waals surface area contributed by atoms with E-state index in [9.17, 15) is 14.0 Å². The number of esters is 1. The summed E-state index contributed by atoms with van der Waals surface area (Å²) in [4.78, 5) is 31.6. The van der Waals surface area contributed by atoms with Crippen molar-refractivity contribution >= 4 is 28.5 Å². The first-order valence-electron chi connectivity index (χ1n) is 10.4. The summed E-state index contributed by atoms with van der Waals surface area (Å²) in [5, 5.41) is 3.82. The normalized spacial score (nSPS) is 14.5. The van der Waals surface area contributed by atoms with Crippen molar-refractivity contribution in [2.45, 2.75) is 25.8 Å². The molecule has 0 aliphatic carbocycles. The lowest BCUT2D eigenvalue weighted by Crippen LogP contribution is -2.45. The first kappa shape index (κ1) is 20.8. The number of piperidine rings is 1. The van der Waals surface area contributed by atoms with Gasteiger partial charge in [-0.25, -0.2) is 9.18 Å². The molecule has 2 aromatic carbocycles. The van der Waals surface area contributed by atoms with E-state index in [0.717, 1.165) is 16.6 Å². The number of carbonyl (C=O) groups is 2. The van der Waals surface area contributed by atoms with Gasteiger partial charge < -0.3 is 15.0 Å². The number of amides is 1. The van der Waals surface area contributed by atoms with Crippen LogP contribution in [-0.4, -0.2) is 42.6 Å². The predicted molar refractivity (Wildman–Crippen MR) is 117 cm³/mol. The molecule has 0 unspecified atom stereocenters. The Labute approximate surface area is 180 Å². The maximum atomic E-state index is 13.9. The number of pyridine rings is 1. The molecule has 0 saturated carbocycles. The van der Waals surface area contributed by atoms with Crippen molar-refractivity contribution in [1.82, 2.24) is 10.3 Å². The highest BCUT2D eigenvalue weighted by Gasteiger charge is 2.27. The smallest absolute Gasteiger partial charge is 0.341 e. The van der Waals surface area contributed by atoms with E-state index in [0.29, 0.717) is 31.5 Å². The van der Waals surface area contributed by atoms with Crippen molar-refractivity contribution in [3.63, 3.8) is 0 Å². The Morgan fingerprint density at radius 2 is 1.81 bits per heavy atom. The molecule has 6 nitrogen and oxygen atoms in total. The lowest BCUT2D eigenvalue weighted by atomic mass is 10.0. The second-order valence-corrected chi connectivity index (χ2v) is 7.47. The zero-order chi connectivity index (χ0) is 21.8. The van der Waals surface area contributed by atoms with Crippen LogP contribution in [0.3, 0.4) is 0 Å². The molecule has 1 fully saturated rings. The minimum absolute atomic E-state index is 0.0506. The van der Waals surface area contributed by atoms with E-state index in [1.165, 1.54) is 12.1 Å². The summed E-state index contributed by atoms with van der Waals surface area (Å²) in [6, 6.07) is 13.6. The van der Waals surface area contributed by atoms with E-state index < -0.39 is 17.7 Å². The number of benzene rings is 2. The van der Waals surface area contributed by atoms with Gasteiger partial charge >= 0.3 is 5.97 Å². The molecular weight excluding hydrogens is 397 g/mol. The molecule has 0 atom stereocenters. The molecule has 160 valence electrons. The number of halogens is 1. The largest absolute Gasteiger partial charge is 0.462 e. The van der Waals surface area contributed by atoms with Crippen LogP contribution < -0.4 is 10.2 Å². The summed E-state index contributed by atoms with van der Waals surface area (Å²) in [7, 11) is 0. The molecule has 0 spiro atoms. The van der Waals surface area contributed by atoms with Crippen LogP contribution in [0.5, 0.6) is 0 Å². The van der Waals surface area contributed by atoms with E-state index in [4.69, 9.17) is 4.74 Å². The lowest BCUT2D eigenvalue weighted by molar-refractivity contribution is 0.0526. The Balaban J connectivity index is 1.53. The zero-order valence-corrected chi connectivity index (χ0v) is 17.3. The van der Waals surface area contributed by atoms with Gasteiger partial charge in [0.25, 0.3) is 5.91 Å². The Kier molecular flexibility index (Phi) is 6.11. The summed E-state index contributed by atoms with van der Waals surface area (Å²) in [5.41, 5.74) is 2.10. The maximum absolute atomic E-state index is 13.9. The SMILES string of the molecule is CCOC(=O)c1cnc2ccccc2c1N1CCC(NC(=O)c2ccccc2F)CC1. The average molecular weight is 421 g/mol. The molecule has 1 amide bonds. The molecule has 7 heteroatoms. The van der Waals surface area contributed by atoms with Crippen molar-refractivity contribution in [2.75, 3.05) is 24.6 Å². The summed E-state index contributed by atoms with van der Waals surface area (Å²) < 4.78 is 19.1. The third kappa shape index (κ3) is 4.35. The Bertz CT molecular complexity index is 1110. The Hall–Kier alpha value is -3.48. The predicted octanol–water partition coefficient (Wildman–Crippen LogP) is 3.95. The van der Waals surface area contributed by atoms with Crippen molar-refractivity contribution in [3.05, 3.63) is 71.7 Å². The molecule has 3 aromatic rings. The molecule has 1 aliphatic rings. The second-order valence-electron chi connectivity index (χ2n) is 7.47. The summed E-state index contributed by atoms with van der Waals surface area (Å²) in [5.74, 6) is -1.33. The average Bonchev–Trinajstić information content (AvgIpc) is 2.79. The van der Waals surface area contributed by atoms with Gasteiger partial charge in [0.2, 0.25) is 0 Å². The third-order valence-corrected chi connectivity index (χ3v) is 5.51. The van der Waals surface area contributed by atoms with Gasteiger partial charge in [-0.2, -0.15) is 0 Å². The number of ether oxygens (including phenoxy) is 1. The van der Waals surface area contributed by atoms with Crippen molar-refractivity contribution in [2.24, 2.45) is 0 Å². The number of para-hydroxylation sites is 1. The molecule has 2 heterocycles. The topological polar surface area (TPSA) is 71.5 Å². The highest BCUT2D eigenvalue weighted by atomic mass is 19.1. The van der Waals surface area contributed by atoms with Crippen LogP contribution in [0.25, 0.3) is 10.9 Å². The number of carbonyl (C=O) groups excluding carboxylic acids is 2. The molecule has 1 aromatic heterocycles. The van der Waals surface area contributed by atoms with E-state index >= 15 is 0 Å². The lowest BCUT2D eigenvalue weighted by Gasteiger charge is -2.35. The van der Waals surface area contributed by atoms with Crippen LogP contribution in [0.4, 0.5) is 10.1 Å². The molecule has 1 N–H and O–H groups in total. The van der Waals surface area contributed by atoms with Gasteiger partial charge in [-0.05, 0) is 38.0 Å². The standard InChI is InChI=1S/C24H24FN3O3/c1-2-31-24(30)19-15-26-21-10-6-4-8-18(21)22(19)28-13-11-16(12-14-28)27-23(29)17-7-3-5-9-20(17)25/h3-10,15-16H,2,11-14H2,1H3,(H,27,29). The fraction of sp³-hybridized carbons (Fsp3) is 0.292. The second kappa shape index (κ2) is 9.12. The Morgan fingerprint density at radius 3 is 2.55 bits per heavy atom. The first-order valence-corrected chi connectivity index (χ1v) is 10.4. The van der Waals surface area contributed by atoms with Crippen molar-refractivity contribution in [1.29, 1.82) is 0 Å². The van der Waals surface area contributed by atoms with Crippen molar-refractivity contribution in [3.8, 4) is 0 Å². The number of fused-ring (bicyclic) bond motifs is 1. The fourth-order valence-electron chi connectivity index (χ4n) is 3.98. The van der Waals surface area contributed by atoms with Crippen LogP contribution >= 0.6 is 0 Å². The van der Waals surface area contributed by atoms with Crippen LogP contribution in [0.2, 0.25) is 0 Å². The molecule has 31 heavy (non-hydrogen) atoms. The van der Waals surface area contributed by atoms with Crippen molar-refractivity contribution < 1.29 is 18.7 Å². The fourth-order valence-corrected chi connectivity index (χ4v) is 3.98. The van der Waals surface area contributed by atoms with Gasteiger partial charge in [0.15, 0.2) is 0 Å². The summed E-state index contributed by atoms with van der Waals surface area (Å²) >= 11 is 0. The quantitative estimate of drug-likeness (QED) is 0.632. The number of hydrogen-bond donors (Lipinski definition) is 1. The van der Waals surface area contributed by atoms with E-state index in [1.54, 1.807) is 25.3 Å². The number of nitrogens with zero attached hydrogens (tertiary/aromatic N) is 2. The van der Waals surface area contributed by atoms with Crippen LogP contribution in [0.1, 0.15) is 40.5 Å². The minimum Gasteiger partial charge on any atom is -0.462 e. The van der Waals surface area contributed by atoms with Crippen LogP contribution in [0, 0.1) is 5.82 Å². The van der Waals surface area contributed by atoms with Gasteiger partial charge in [0, 0.05) is 30.7 Å². The number of nitrogens with one attached hydrogen (secondary N) is 1. The molecular formula is C24H24FN3O3. The third-order valence-electron chi connectivity index (χ3n) is 5.51. The Morgan fingerprint density at radius 1 is 1.10 bits per heavy atom. The van der Waals surface area contributed by atoms with Gasteiger partial charge in [-0.15, -0.1) is 0 Å². The summed E-state index contributed by atoms with van der Waals surface area (Å²) in [6.45, 7) is 3.34. The van der Waals surface area contributed by atoms with Crippen LogP contribution in [-0.2, 0) is 4.74 Å². The van der Waals surface area contributed by atoms with E-state index in [-0.39, 0.29) is 18.2 Å². The first-order chi connectivity index (χ1) is 15.1. The van der Waals surface area contributed by atoms with Gasteiger partial charge in [-0.1, -0.05) is 30.3 Å². The summed E-state index contributed by atoms with van der Waals surface area (Å²) in [6.07, 6.45) is 2.93. The number of hydrogen-bond acceptors (Lipinski definition) is 5.